The second-order valence-corrected chi connectivity index (χ2v) is 8.40. The number of carbonyl (C=O) groups excluding carboxylic acids is 3. The molecule has 0 saturated carbocycles. The summed E-state index contributed by atoms with van der Waals surface area (Å²) in [5.41, 5.74) is 0.840. The molecule has 0 bridgehead atoms. The molecule has 10 heteroatoms. The second-order valence-electron chi connectivity index (χ2n) is 7.54. The first-order valence-corrected chi connectivity index (χ1v) is 12.0. The number of esters is 2. The number of nitriles is 1. The number of amides is 1. The molecule has 3 aromatic rings. The van der Waals surface area contributed by atoms with Crippen molar-refractivity contribution in [1.29, 1.82) is 5.26 Å². The van der Waals surface area contributed by atoms with Crippen LogP contribution in [0.3, 0.4) is 0 Å². The Hall–Kier alpha value is -4.62. The van der Waals surface area contributed by atoms with Crippen LogP contribution in [0.1, 0.15) is 33.2 Å². The fourth-order valence-corrected chi connectivity index (χ4v) is 3.84. The van der Waals surface area contributed by atoms with Gasteiger partial charge in [0.15, 0.2) is 11.5 Å². The van der Waals surface area contributed by atoms with Crippen molar-refractivity contribution in [3.05, 3.63) is 87.4 Å². The monoisotopic (exact) mass is 578 g/mol. The molecular weight excluding hydrogens is 556 g/mol. The van der Waals surface area contributed by atoms with Gasteiger partial charge in [0, 0.05) is 0 Å². The van der Waals surface area contributed by atoms with Crippen molar-refractivity contribution in [2.45, 2.75) is 6.92 Å². The zero-order valence-electron chi connectivity index (χ0n) is 20.7. The highest BCUT2D eigenvalue weighted by Crippen LogP contribution is 2.38. The lowest BCUT2D eigenvalue weighted by Crippen LogP contribution is -2.16. The van der Waals surface area contributed by atoms with E-state index in [0.29, 0.717) is 21.3 Å². The van der Waals surface area contributed by atoms with Crippen LogP contribution < -0.4 is 19.5 Å². The van der Waals surface area contributed by atoms with E-state index >= 15 is 0 Å². The summed E-state index contributed by atoms with van der Waals surface area (Å²) in [7, 11) is 2.75. The molecule has 0 heterocycles. The molecule has 0 spiro atoms. The molecule has 194 valence electrons. The lowest BCUT2D eigenvalue weighted by molar-refractivity contribution is -0.112. The molecular formula is C28H23BrN2O7. The average Bonchev–Trinajstić information content (AvgIpc) is 2.93. The minimum atomic E-state index is -0.729. The van der Waals surface area contributed by atoms with Gasteiger partial charge in [-0.1, -0.05) is 12.1 Å². The molecule has 0 aromatic heterocycles. The normalized spacial score (nSPS) is 10.7. The molecule has 0 atom stereocenters. The van der Waals surface area contributed by atoms with Crippen LogP contribution in [0, 0.1) is 11.3 Å². The second kappa shape index (κ2) is 13.1. The van der Waals surface area contributed by atoms with Gasteiger partial charge in [-0.15, -0.1) is 0 Å². The largest absolute Gasteiger partial charge is 0.497 e. The third-order valence-electron chi connectivity index (χ3n) is 5.11. The van der Waals surface area contributed by atoms with E-state index in [4.69, 9.17) is 18.9 Å². The number of carbonyl (C=O) groups is 3. The van der Waals surface area contributed by atoms with Crippen molar-refractivity contribution in [3.8, 4) is 23.3 Å². The maximum Gasteiger partial charge on any atom is 0.343 e. The van der Waals surface area contributed by atoms with Crippen LogP contribution in [0.4, 0.5) is 5.69 Å². The van der Waals surface area contributed by atoms with Gasteiger partial charge in [0.2, 0.25) is 0 Å². The molecule has 0 fully saturated rings. The number of halogens is 1. The molecule has 3 rings (SSSR count). The van der Waals surface area contributed by atoms with Crippen LogP contribution in [0.15, 0.2) is 70.7 Å². The molecule has 3 aromatic carbocycles. The summed E-state index contributed by atoms with van der Waals surface area (Å²) in [5.74, 6) is -1.01. The molecule has 0 saturated heterocycles. The molecule has 0 aliphatic rings. The zero-order valence-corrected chi connectivity index (χ0v) is 22.3. The van der Waals surface area contributed by atoms with Gasteiger partial charge in [-0.25, -0.2) is 9.59 Å². The Kier molecular flexibility index (Phi) is 9.62. The predicted octanol–water partition coefficient (Wildman–Crippen LogP) is 5.41. The number of ether oxygens (including phenoxy) is 4. The molecule has 0 radical (unpaired) electrons. The Morgan fingerprint density at radius 1 is 1.03 bits per heavy atom. The first kappa shape index (κ1) is 28.0. The van der Waals surface area contributed by atoms with Crippen molar-refractivity contribution >= 4 is 45.5 Å². The van der Waals surface area contributed by atoms with E-state index in [9.17, 15) is 19.6 Å². The summed E-state index contributed by atoms with van der Waals surface area (Å²) < 4.78 is 21.5. The third kappa shape index (κ3) is 6.78. The van der Waals surface area contributed by atoms with Crippen LogP contribution in [0.5, 0.6) is 17.2 Å². The highest BCUT2D eigenvalue weighted by molar-refractivity contribution is 9.10. The van der Waals surface area contributed by atoms with Gasteiger partial charge in [-0.2, -0.15) is 5.26 Å². The quantitative estimate of drug-likeness (QED) is 0.155. The maximum absolute atomic E-state index is 12.8. The standard InChI is InChI=1S/C28H23BrN2O7/c1-4-37-24-15-17(14-22(29)25(24)38-27(33)18-9-11-20(35-2)12-10-18)13-19(16-30)26(32)31-23-8-6-5-7-21(23)28(34)36-3/h5-15H,4H2,1-3H3,(H,31,32)/b19-13-. The molecule has 1 N–H and O–H groups in total. The van der Waals surface area contributed by atoms with E-state index in [1.807, 2.05) is 6.07 Å². The first-order valence-electron chi connectivity index (χ1n) is 11.2. The Labute approximate surface area is 227 Å². The Morgan fingerprint density at radius 2 is 1.74 bits per heavy atom. The highest BCUT2D eigenvalue weighted by atomic mass is 79.9. The summed E-state index contributed by atoms with van der Waals surface area (Å²) >= 11 is 3.39. The first-order chi connectivity index (χ1) is 18.3. The van der Waals surface area contributed by atoms with Crippen molar-refractivity contribution in [1.82, 2.24) is 0 Å². The predicted molar refractivity (Wildman–Crippen MR) is 143 cm³/mol. The summed E-state index contributed by atoms with van der Waals surface area (Å²) in [6.45, 7) is 2.03. The number of benzene rings is 3. The molecule has 0 unspecified atom stereocenters. The molecule has 1 amide bonds. The number of nitrogens with one attached hydrogen (secondary N) is 1. The lowest BCUT2D eigenvalue weighted by Gasteiger charge is -2.14. The molecule has 0 aliphatic carbocycles. The summed E-state index contributed by atoms with van der Waals surface area (Å²) in [6.07, 6.45) is 1.35. The third-order valence-corrected chi connectivity index (χ3v) is 5.70. The summed E-state index contributed by atoms with van der Waals surface area (Å²) in [4.78, 5) is 37.6. The van der Waals surface area contributed by atoms with Crippen molar-refractivity contribution < 1.29 is 33.3 Å². The number of hydrogen-bond acceptors (Lipinski definition) is 8. The Balaban J connectivity index is 1.89. The highest BCUT2D eigenvalue weighted by Gasteiger charge is 2.19. The van der Waals surface area contributed by atoms with Crippen LogP contribution >= 0.6 is 15.9 Å². The van der Waals surface area contributed by atoms with Crippen molar-refractivity contribution in [2.75, 3.05) is 26.1 Å². The van der Waals surface area contributed by atoms with Crippen LogP contribution in [0.2, 0.25) is 0 Å². The van der Waals surface area contributed by atoms with Crippen LogP contribution in [-0.4, -0.2) is 38.7 Å². The Morgan fingerprint density at radius 3 is 2.37 bits per heavy atom. The number of hydrogen-bond donors (Lipinski definition) is 1. The van der Waals surface area contributed by atoms with E-state index in [2.05, 4.69) is 21.2 Å². The molecule has 38 heavy (non-hydrogen) atoms. The van der Waals surface area contributed by atoms with Gasteiger partial charge in [-0.05, 0) is 83.0 Å². The average molecular weight is 579 g/mol. The minimum absolute atomic E-state index is 0.139. The fraction of sp³-hybridized carbons (Fsp3) is 0.143. The number of para-hydroxylation sites is 1. The van der Waals surface area contributed by atoms with Crippen molar-refractivity contribution in [2.24, 2.45) is 0 Å². The van der Waals surface area contributed by atoms with E-state index in [-0.39, 0.29) is 34.9 Å². The minimum Gasteiger partial charge on any atom is -0.497 e. The zero-order chi connectivity index (χ0) is 27.7. The maximum atomic E-state index is 12.8. The van der Waals surface area contributed by atoms with E-state index < -0.39 is 17.8 Å². The molecule has 9 nitrogen and oxygen atoms in total. The van der Waals surface area contributed by atoms with E-state index in [1.54, 1.807) is 49.4 Å². The fourth-order valence-electron chi connectivity index (χ4n) is 3.30. The van der Waals surface area contributed by atoms with E-state index in [1.165, 1.54) is 38.5 Å². The summed E-state index contributed by atoms with van der Waals surface area (Å²) in [5, 5.41) is 12.2. The molecule has 0 aliphatic heterocycles. The van der Waals surface area contributed by atoms with Gasteiger partial charge < -0.3 is 24.3 Å². The van der Waals surface area contributed by atoms with Gasteiger partial charge in [-0.3, -0.25) is 4.79 Å². The van der Waals surface area contributed by atoms with Crippen molar-refractivity contribution in [3.63, 3.8) is 0 Å². The number of rotatable bonds is 9. The number of methoxy groups -OCH3 is 2. The number of nitrogens with zero attached hydrogens (tertiary/aromatic N) is 1. The van der Waals surface area contributed by atoms with Gasteiger partial charge >= 0.3 is 11.9 Å². The number of anilines is 1. The summed E-state index contributed by atoms with van der Waals surface area (Å²) in [6, 6.07) is 17.7. The Bertz CT molecular complexity index is 1430. The topological polar surface area (TPSA) is 124 Å². The van der Waals surface area contributed by atoms with Gasteiger partial charge in [0.25, 0.3) is 5.91 Å². The van der Waals surface area contributed by atoms with Crippen LogP contribution in [-0.2, 0) is 9.53 Å². The van der Waals surface area contributed by atoms with Crippen LogP contribution in [0.25, 0.3) is 6.08 Å². The van der Waals surface area contributed by atoms with Gasteiger partial charge in [0.1, 0.15) is 17.4 Å². The SMILES string of the molecule is CCOc1cc(/C=C(/C#N)C(=O)Nc2ccccc2C(=O)OC)cc(Br)c1OC(=O)c1ccc(OC)cc1. The lowest BCUT2D eigenvalue weighted by atomic mass is 10.1. The smallest absolute Gasteiger partial charge is 0.343 e. The van der Waals surface area contributed by atoms with E-state index in [0.717, 1.165) is 0 Å². The van der Waals surface area contributed by atoms with Gasteiger partial charge in [0.05, 0.1) is 42.1 Å².